The molecule has 1 aromatic carbocycles. The maximum atomic E-state index is 13.3. The standard InChI is InChI=1S/C20H26O5/c1-4-6-12-24-17-13-19(23-3)15-11-8-7-10-14(15)18(22)20(17,25-19)16(21)9-5-2/h7-8,10-11,17H,4-6,9,12-13H2,1-3H3/t17-,19-,20+/m0/s1. The summed E-state index contributed by atoms with van der Waals surface area (Å²) in [5.74, 6) is -1.62. The molecule has 2 aliphatic heterocycles. The Kier molecular flexibility index (Phi) is 5.09. The molecule has 1 fully saturated rings. The Morgan fingerprint density at radius 1 is 1.28 bits per heavy atom. The molecule has 25 heavy (non-hydrogen) atoms. The minimum atomic E-state index is -1.59. The van der Waals surface area contributed by atoms with Crippen LogP contribution in [0.1, 0.15) is 61.9 Å². The summed E-state index contributed by atoms with van der Waals surface area (Å²) in [7, 11) is 1.55. The van der Waals surface area contributed by atoms with Gasteiger partial charge >= 0.3 is 0 Å². The van der Waals surface area contributed by atoms with Crippen molar-refractivity contribution >= 4 is 11.6 Å². The molecule has 0 N–H and O–H groups in total. The van der Waals surface area contributed by atoms with E-state index in [-0.39, 0.29) is 18.0 Å². The molecule has 2 aliphatic rings. The number of hydrogen-bond donors (Lipinski definition) is 0. The first-order valence-corrected chi connectivity index (χ1v) is 9.10. The number of Topliss-reactive ketones (excluding diaryl/α,β-unsaturated/α-hetero) is 2. The Balaban J connectivity index is 2.09. The first-order chi connectivity index (χ1) is 12.1. The van der Waals surface area contributed by atoms with Crippen molar-refractivity contribution < 1.29 is 23.8 Å². The second kappa shape index (κ2) is 6.98. The van der Waals surface area contributed by atoms with E-state index in [0.29, 0.717) is 30.6 Å². The normalized spacial score (nSPS) is 30.4. The van der Waals surface area contributed by atoms with Gasteiger partial charge in [-0.05, 0) is 12.8 Å². The molecule has 0 amide bonds. The molecule has 0 unspecified atom stereocenters. The zero-order valence-corrected chi connectivity index (χ0v) is 15.2. The van der Waals surface area contributed by atoms with Crippen LogP contribution < -0.4 is 0 Å². The van der Waals surface area contributed by atoms with E-state index in [1.165, 1.54) is 0 Å². The van der Waals surface area contributed by atoms with E-state index in [2.05, 4.69) is 6.92 Å². The van der Waals surface area contributed by atoms with Gasteiger partial charge in [-0.1, -0.05) is 44.5 Å². The molecule has 0 saturated carbocycles. The highest BCUT2D eigenvalue weighted by atomic mass is 16.7. The summed E-state index contributed by atoms with van der Waals surface area (Å²) in [6, 6.07) is 7.23. The number of ether oxygens (including phenoxy) is 3. The Bertz CT molecular complexity index is 670. The minimum Gasteiger partial charge on any atom is -0.374 e. The molecular weight excluding hydrogens is 320 g/mol. The second-order valence-electron chi connectivity index (χ2n) is 6.76. The third kappa shape index (κ3) is 2.65. The third-order valence-corrected chi connectivity index (χ3v) is 5.19. The van der Waals surface area contributed by atoms with Gasteiger partial charge in [0.1, 0.15) is 6.10 Å². The van der Waals surface area contributed by atoms with E-state index < -0.39 is 17.5 Å². The largest absolute Gasteiger partial charge is 0.374 e. The first kappa shape index (κ1) is 18.2. The van der Waals surface area contributed by atoms with Crippen molar-refractivity contribution in [2.45, 2.75) is 63.4 Å². The van der Waals surface area contributed by atoms with Gasteiger partial charge in [0.15, 0.2) is 11.6 Å². The van der Waals surface area contributed by atoms with Crippen LogP contribution >= 0.6 is 0 Å². The van der Waals surface area contributed by atoms with Gasteiger partial charge in [0.2, 0.25) is 11.4 Å². The van der Waals surface area contributed by atoms with Crippen molar-refractivity contribution in [2.75, 3.05) is 13.7 Å². The predicted octanol–water partition coefficient (Wildman–Crippen LogP) is 3.40. The van der Waals surface area contributed by atoms with Gasteiger partial charge in [-0.3, -0.25) is 9.59 Å². The Morgan fingerprint density at radius 2 is 2.04 bits per heavy atom. The predicted molar refractivity (Wildman–Crippen MR) is 92.5 cm³/mol. The summed E-state index contributed by atoms with van der Waals surface area (Å²) in [4.78, 5) is 26.4. The zero-order chi connectivity index (χ0) is 18.1. The van der Waals surface area contributed by atoms with E-state index in [9.17, 15) is 9.59 Å². The Morgan fingerprint density at radius 3 is 2.72 bits per heavy atom. The minimum absolute atomic E-state index is 0.213. The number of hydrogen-bond acceptors (Lipinski definition) is 5. The van der Waals surface area contributed by atoms with Crippen LogP contribution in [0.15, 0.2) is 24.3 Å². The fourth-order valence-corrected chi connectivity index (χ4v) is 3.88. The molecule has 5 heteroatoms. The molecule has 0 aromatic heterocycles. The molecule has 2 heterocycles. The Labute approximate surface area is 148 Å². The average molecular weight is 346 g/mol. The SMILES string of the molecule is CCCCO[C@H]1C[C@]2(OC)O[C@@]1(C(=O)CCC)C(=O)c1ccccc12. The highest BCUT2D eigenvalue weighted by Crippen LogP contribution is 2.53. The lowest BCUT2D eigenvalue weighted by Crippen LogP contribution is -2.57. The van der Waals surface area contributed by atoms with Gasteiger partial charge in [-0.15, -0.1) is 0 Å². The van der Waals surface area contributed by atoms with E-state index >= 15 is 0 Å². The van der Waals surface area contributed by atoms with Gasteiger partial charge in [0.25, 0.3) is 0 Å². The van der Waals surface area contributed by atoms with Crippen molar-refractivity contribution in [1.29, 1.82) is 0 Å². The van der Waals surface area contributed by atoms with Crippen molar-refractivity contribution in [3.8, 4) is 0 Å². The van der Waals surface area contributed by atoms with Crippen molar-refractivity contribution in [3.05, 3.63) is 35.4 Å². The van der Waals surface area contributed by atoms with E-state index in [0.717, 1.165) is 12.8 Å². The van der Waals surface area contributed by atoms with Crippen LogP contribution in [0, 0.1) is 0 Å². The number of benzene rings is 1. The molecule has 1 saturated heterocycles. The van der Waals surface area contributed by atoms with Crippen LogP contribution in [0.3, 0.4) is 0 Å². The molecule has 3 atom stereocenters. The number of rotatable bonds is 8. The van der Waals surface area contributed by atoms with Crippen LogP contribution in [-0.4, -0.2) is 37.0 Å². The van der Waals surface area contributed by atoms with Crippen LogP contribution in [-0.2, 0) is 24.8 Å². The molecule has 2 bridgehead atoms. The number of carbonyl (C=O) groups excluding carboxylic acids is 2. The van der Waals surface area contributed by atoms with Gasteiger partial charge in [-0.2, -0.15) is 0 Å². The molecule has 0 aliphatic carbocycles. The summed E-state index contributed by atoms with van der Waals surface area (Å²) in [5.41, 5.74) is -0.403. The molecular formula is C20H26O5. The maximum absolute atomic E-state index is 13.3. The van der Waals surface area contributed by atoms with E-state index in [1.807, 2.05) is 19.1 Å². The summed E-state index contributed by atoms with van der Waals surface area (Å²) in [5, 5.41) is 0. The van der Waals surface area contributed by atoms with Crippen molar-refractivity contribution in [2.24, 2.45) is 0 Å². The summed E-state index contributed by atoms with van der Waals surface area (Å²) < 4.78 is 17.9. The van der Waals surface area contributed by atoms with Crippen LogP contribution in [0.2, 0.25) is 0 Å². The number of fused-ring (bicyclic) bond motifs is 4. The monoisotopic (exact) mass is 346 g/mol. The molecule has 5 nitrogen and oxygen atoms in total. The third-order valence-electron chi connectivity index (χ3n) is 5.19. The fourth-order valence-electron chi connectivity index (χ4n) is 3.88. The van der Waals surface area contributed by atoms with Crippen molar-refractivity contribution in [1.82, 2.24) is 0 Å². The molecule has 0 spiro atoms. The molecule has 136 valence electrons. The van der Waals surface area contributed by atoms with Gasteiger partial charge in [-0.25, -0.2) is 0 Å². The van der Waals surface area contributed by atoms with Gasteiger partial charge in [0.05, 0.1) is 0 Å². The highest BCUT2D eigenvalue weighted by Gasteiger charge is 2.69. The van der Waals surface area contributed by atoms with Crippen LogP contribution in [0.25, 0.3) is 0 Å². The topological polar surface area (TPSA) is 61.8 Å². The number of carbonyl (C=O) groups is 2. The summed E-state index contributed by atoms with van der Waals surface area (Å²) >= 11 is 0. The highest BCUT2D eigenvalue weighted by molar-refractivity contribution is 6.20. The maximum Gasteiger partial charge on any atom is 0.218 e. The average Bonchev–Trinajstić information content (AvgIpc) is 2.95. The second-order valence-corrected chi connectivity index (χ2v) is 6.76. The lowest BCUT2D eigenvalue weighted by Gasteiger charge is -2.39. The zero-order valence-electron chi connectivity index (χ0n) is 15.2. The van der Waals surface area contributed by atoms with Crippen LogP contribution in [0.4, 0.5) is 0 Å². The molecule has 3 rings (SSSR count). The number of unbranched alkanes of at least 4 members (excludes halogenated alkanes) is 1. The van der Waals surface area contributed by atoms with Gasteiger partial charge in [0, 0.05) is 37.7 Å². The van der Waals surface area contributed by atoms with E-state index in [1.54, 1.807) is 19.2 Å². The van der Waals surface area contributed by atoms with Crippen molar-refractivity contribution in [3.63, 3.8) is 0 Å². The summed E-state index contributed by atoms with van der Waals surface area (Å²) in [6.07, 6.45) is 2.49. The Hall–Kier alpha value is -1.56. The molecule has 1 aromatic rings. The number of methoxy groups -OCH3 is 1. The lowest BCUT2D eigenvalue weighted by molar-refractivity contribution is -0.240. The quantitative estimate of drug-likeness (QED) is 0.533. The molecule has 0 radical (unpaired) electrons. The van der Waals surface area contributed by atoms with Crippen LogP contribution in [0.5, 0.6) is 0 Å². The number of ketones is 2. The first-order valence-electron chi connectivity index (χ1n) is 9.10. The smallest absolute Gasteiger partial charge is 0.218 e. The van der Waals surface area contributed by atoms with E-state index in [4.69, 9.17) is 14.2 Å². The fraction of sp³-hybridized carbons (Fsp3) is 0.600. The lowest BCUT2D eigenvalue weighted by atomic mass is 9.82. The van der Waals surface area contributed by atoms with Gasteiger partial charge < -0.3 is 14.2 Å². The summed E-state index contributed by atoms with van der Waals surface area (Å²) in [6.45, 7) is 4.49.